The summed E-state index contributed by atoms with van der Waals surface area (Å²) >= 11 is 0. The third-order valence-corrected chi connectivity index (χ3v) is 0.808. The molecule has 1 aromatic heterocycles. The maximum atomic E-state index is 11.6. The van der Waals surface area contributed by atoms with Gasteiger partial charge in [-0.25, -0.2) is 0 Å². The quantitative estimate of drug-likeness (QED) is 0.561. The fraction of sp³-hybridized carbons (Fsp3) is 0.200. The topological polar surface area (TPSA) is 26.0 Å². The lowest BCUT2D eigenvalue weighted by Gasteiger charge is -1.96. The second-order valence-corrected chi connectivity index (χ2v) is 1.61. The molecule has 0 aliphatic heterocycles. The Balaban J connectivity index is 2.96. The first-order chi connectivity index (χ1) is 4.50. The largest absolute Gasteiger partial charge is 0.452 e. The summed E-state index contributed by atoms with van der Waals surface area (Å²) < 4.78 is 38.7. The Morgan fingerprint density at radius 2 is 2.10 bits per heavy atom. The molecule has 1 heterocycles. The molecule has 0 aliphatic carbocycles. The van der Waals surface area contributed by atoms with E-state index < -0.39 is 11.9 Å². The van der Waals surface area contributed by atoms with E-state index in [4.69, 9.17) is 6.92 Å². The number of alkyl halides is 3. The van der Waals surface area contributed by atoms with Crippen molar-refractivity contribution in [3.63, 3.8) is 0 Å². The third kappa shape index (κ3) is 1.29. The summed E-state index contributed by atoms with van der Waals surface area (Å²) in [4.78, 5) is 0. The average molecular weight is 149 g/mol. The Hall–Kier alpha value is -1.00. The summed E-state index contributed by atoms with van der Waals surface area (Å²) in [6.45, 7) is 4.87. The molecule has 1 aromatic rings. The molecule has 0 unspecified atom stereocenters. The Morgan fingerprint density at radius 1 is 1.50 bits per heavy atom. The van der Waals surface area contributed by atoms with E-state index in [1.807, 2.05) is 0 Å². The van der Waals surface area contributed by atoms with Crippen molar-refractivity contribution >= 4 is 0 Å². The molecule has 1 rings (SSSR count). The normalized spacial score (nSPS) is 12.0. The molecule has 10 heavy (non-hydrogen) atoms. The van der Waals surface area contributed by atoms with Gasteiger partial charge in [0.25, 0.3) is 0 Å². The number of nitrogens with zero attached hydrogens (tertiary/aromatic N) is 1. The van der Waals surface area contributed by atoms with Crippen LogP contribution in [0.2, 0.25) is 0 Å². The van der Waals surface area contributed by atoms with Crippen molar-refractivity contribution < 1.29 is 17.7 Å². The zero-order valence-corrected chi connectivity index (χ0v) is 4.64. The highest BCUT2D eigenvalue weighted by molar-refractivity contribution is 5.09. The van der Waals surface area contributed by atoms with Crippen molar-refractivity contribution in [1.82, 2.24) is 5.16 Å². The maximum Gasteiger partial charge on any atom is 0.452 e. The highest BCUT2D eigenvalue weighted by Gasteiger charge is 2.35. The summed E-state index contributed by atoms with van der Waals surface area (Å²) in [5, 5.41) is 2.87. The van der Waals surface area contributed by atoms with Gasteiger partial charge in [-0.2, -0.15) is 13.2 Å². The standard InChI is InChI=1S/C5H2F3NO/c1-3-2-4(10-9-3)5(6,7)8/h1-2H. The van der Waals surface area contributed by atoms with Gasteiger partial charge in [-0.3, -0.25) is 0 Å². The molecule has 2 nitrogen and oxygen atoms in total. The molecule has 54 valence electrons. The van der Waals surface area contributed by atoms with Crippen LogP contribution in [0.4, 0.5) is 13.2 Å². The fourth-order valence-corrected chi connectivity index (χ4v) is 0.422. The third-order valence-electron chi connectivity index (χ3n) is 0.808. The SMILES string of the molecule is [CH]c1cc(C(F)(F)F)on1. The van der Waals surface area contributed by atoms with Crippen LogP contribution in [0.25, 0.3) is 0 Å². The zero-order valence-electron chi connectivity index (χ0n) is 4.64. The summed E-state index contributed by atoms with van der Waals surface area (Å²) in [7, 11) is 0. The second-order valence-electron chi connectivity index (χ2n) is 1.61. The monoisotopic (exact) mass is 149 g/mol. The van der Waals surface area contributed by atoms with Crippen LogP contribution in [0.3, 0.4) is 0 Å². The van der Waals surface area contributed by atoms with Gasteiger partial charge in [-0.15, -0.1) is 0 Å². The van der Waals surface area contributed by atoms with Gasteiger partial charge < -0.3 is 4.52 Å². The molecule has 0 fully saturated rings. The molecule has 2 radical (unpaired) electrons. The van der Waals surface area contributed by atoms with Crippen LogP contribution in [-0.2, 0) is 6.18 Å². The van der Waals surface area contributed by atoms with E-state index in [1.54, 1.807) is 0 Å². The minimum absolute atomic E-state index is 0.271. The Labute approximate surface area is 54.6 Å². The molecule has 0 amide bonds. The van der Waals surface area contributed by atoms with Crippen LogP contribution in [-0.4, -0.2) is 5.16 Å². The van der Waals surface area contributed by atoms with Crippen molar-refractivity contribution in [3.8, 4) is 0 Å². The predicted molar refractivity (Wildman–Crippen MR) is 24.9 cm³/mol. The Bertz CT molecular complexity index is 227. The summed E-state index contributed by atoms with van der Waals surface area (Å²) in [6, 6.07) is 0.625. The molecule has 0 aromatic carbocycles. The lowest BCUT2D eigenvalue weighted by Crippen LogP contribution is -2.01. The average Bonchev–Trinajstić information content (AvgIpc) is 2.11. The molecular weight excluding hydrogens is 147 g/mol. The smallest absolute Gasteiger partial charge is 0.351 e. The van der Waals surface area contributed by atoms with Crippen LogP contribution >= 0.6 is 0 Å². The van der Waals surface area contributed by atoms with E-state index in [9.17, 15) is 13.2 Å². The highest BCUT2D eigenvalue weighted by Crippen LogP contribution is 2.29. The Kier molecular flexibility index (Phi) is 1.42. The Morgan fingerprint density at radius 3 is 2.30 bits per heavy atom. The van der Waals surface area contributed by atoms with Gasteiger partial charge in [0.15, 0.2) is 0 Å². The number of rotatable bonds is 0. The second kappa shape index (κ2) is 2.00. The van der Waals surface area contributed by atoms with E-state index >= 15 is 0 Å². The molecule has 5 heteroatoms. The van der Waals surface area contributed by atoms with E-state index in [-0.39, 0.29) is 5.69 Å². The van der Waals surface area contributed by atoms with Crippen LogP contribution in [0, 0.1) is 6.92 Å². The summed E-state index contributed by atoms with van der Waals surface area (Å²) in [5.41, 5.74) is -0.271. The molecule has 0 saturated heterocycles. The van der Waals surface area contributed by atoms with Crippen LogP contribution < -0.4 is 0 Å². The first kappa shape index (κ1) is 7.11. The molecule has 0 atom stereocenters. The van der Waals surface area contributed by atoms with Crippen molar-refractivity contribution in [1.29, 1.82) is 0 Å². The van der Waals surface area contributed by atoms with Gasteiger partial charge in [-0.1, -0.05) is 5.16 Å². The highest BCUT2D eigenvalue weighted by atomic mass is 19.4. The number of aromatic nitrogens is 1. The van der Waals surface area contributed by atoms with Gasteiger partial charge in [0.2, 0.25) is 5.76 Å². The van der Waals surface area contributed by atoms with E-state index in [1.165, 1.54) is 0 Å². The minimum atomic E-state index is -4.50. The van der Waals surface area contributed by atoms with Gasteiger partial charge in [0.05, 0.1) is 5.69 Å². The van der Waals surface area contributed by atoms with E-state index in [0.717, 1.165) is 0 Å². The molecule has 0 saturated carbocycles. The lowest BCUT2D eigenvalue weighted by molar-refractivity contribution is -0.155. The summed E-state index contributed by atoms with van der Waals surface area (Å²) in [6.07, 6.45) is -4.50. The molecule has 0 bridgehead atoms. The van der Waals surface area contributed by atoms with Crippen molar-refractivity contribution in [3.05, 3.63) is 24.4 Å². The van der Waals surface area contributed by atoms with Crippen LogP contribution in [0.1, 0.15) is 11.5 Å². The number of halogens is 3. The van der Waals surface area contributed by atoms with Crippen molar-refractivity contribution in [2.45, 2.75) is 6.18 Å². The molecule has 0 spiro atoms. The first-order valence-electron chi connectivity index (χ1n) is 2.29. The van der Waals surface area contributed by atoms with Gasteiger partial charge >= 0.3 is 6.18 Å². The maximum absolute atomic E-state index is 11.6. The predicted octanol–water partition coefficient (Wildman–Crippen LogP) is 1.75. The zero-order chi connectivity index (χ0) is 7.78. The van der Waals surface area contributed by atoms with Crippen LogP contribution in [0.5, 0.6) is 0 Å². The van der Waals surface area contributed by atoms with Crippen LogP contribution in [0.15, 0.2) is 10.6 Å². The molecular formula is C5H2F3NO. The molecule has 0 aliphatic rings. The van der Waals surface area contributed by atoms with Crippen molar-refractivity contribution in [2.75, 3.05) is 0 Å². The van der Waals surface area contributed by atoms with Gasteiger partial charge in [0.1, 0.15) is 0 Å². The minimum Gasteiger partial charge on any atom is -0.351 e. The number of hydrogen-bond acceptors (Lipinski definition) is 2. The molecule has 0 N–H and O–H groups in total. The summed E-state index contributed by atoms with van der Waals surface area (Å²) in [5.74, 6) is -1.18. The van der Waals surface area contributed by atoms with Gasteiger partial charge in [-0.05, 0) is 0 Å². The van der Waals surface area contributed by atoms with Crippen molar-refractivity contribution in [2.24, 2.45) is 0 Å². The van der Waals surface area contributed by atoms with E-state index in [0.29, 0.717) is 6.07 Å². The first-order valence-corrected chi connectivity index (χ1v) is 2.29. The van der Waals surface area contributed by atoms with Gasteiger partial charge in [0, 0.05) is 13.0 Å². The number of hydrogen-bond donors (Lipinski definition) is 0. The lowest BCUT2D eigenvalue weighted by atomic mass is 10.4. The van der Waals surface area contributed by atoms with E-state index in [2.05, 4.69) is 9.68 Å². The fourth-order valence-electron chi connectivity index (χ4n) is 0.422.